The maximum atomic E-state index is 13.1. The minimum absolute atomic E-state index is 0.106. The Balaban J connectivity index is 5.18. The predicted molar refractivity (Wildman–Crippen MR) is 423 cm³/mol. The number of rotatable bonds is 81. The summed E-state index contributed by atoms with van der Waals surface area (Å²) in [6.45, 7) is 14.3. The van der Waals surface area contributed by atoms with Crippen LogP contribution in [-0.4, -0.2) is 96.7 Å². The molecule has 0 aliphatic rings. The first-order valence-electron chi connectivity index (χ1n) is 43.3. The van der Waals surface area contributed by atoms with Gasteiger partial charge in [-0.3, -0.25) is 37.3 Å². The van der Waals surface area contributed by atoms with Crippen molar-refractivity contribution < 1.29 is 80.2 Å². The van der Waals surface area contributed by atoms with Gasteiger partial charge in [0.15, 0.2) is 12.2 Å². The normalized spacial score (nSPS) is 14.5. The number of aliphatic hydroxyl groups excluding tert-OH is 1. The maximum Gasteiger partial charge on any atom is 0.472 e. The summed E-state index contributed by atoms with van der Waals surface area (Å²) in [5.41, 5.74) is 0. The Kier molecular flexibility index (Phi) is 71.5. The van der Waals surface area contributed by atoms with E-state index in [2.05, 4.69) is 55.4 Å². The van der Waals surface area contributed by atoms with Crippen LogP contribution in [0.2, 0.25) is 0 Å². The highest BCUT2D eigenvalue weighted by atomic mass is 31.2. The van der Waals surface area contributed by atoms with E-state index in [1.54, 1.807) is 0 Å². The van der Waals surface area contributed by atoms with Crippen LogP contribution in [0.5, 0.6) is 0 Å². The van der Waals surface area contributed by atoms with Crippen molar-refractivity contribution in [3.63, 3.8) is 0 Å². The average Bonchev–Trinajstić information content (AvgIpc) is 0.916. The molecule has 0 aromatic rings. The number of aliphatic hydroxyl groups is 1. The van der Waals surface area contributed by atoms with Gasteiger partial charge in [-0.25, -0.2) is 9.13 Å². The molecule has 0 amide bonds. The van der Waals surface area contributed by atoms with Crippen LogP contribution in [0, 0.1) is 23.7 Å². The minimum Gasteiger partial charge on any atom is -0.462 e. The fourth-order valence-electron chi connectivity index (χ4n) is 12.9. The molecule has 0 spiro atoms. The fraction of sp³-hybridized carbons (Fsp3) is 0.952. The second kappa shape index (κ2) is 72.9. The molecule has 17 nitrogen and oxygen atoms in total. The van der Waals surface area contributed by atoms with E-state index in [1.807, 2.05) is 0 Å². The monoisotopic (exact) mass is 1510 g/mol. The van der Waals surface area contributed by atoms with Crippen molar-refractivity contribution in [1.29, 1.82) is 0 Å². The SMILES string of the molecule is CCC(C)CCCCCCCCCCCCCCCCCCCCC(=O)OC[C@H](COP(=O)(O)OCC(O)COP(=O)(O)OC[C@@H](COC(=O)CCCCCCCCCC(C)C)OC(=O)CCCCCCCCCCCCCCCCC(C)CC)OC(=O)CCCCCCCCCCCCC(C)C. The summed E-state index contributed by atoms with van der Waals surface area (Å²) >= 11 is 0. The van der Waals surface area contributed by atoms with Crippen molar-refractivity contribution in [2.75, 3.05) is 39.6 Å². The third-order valence-electron chi connectivity index (χ3n) is 20.3. The molecule has 0 saturated heterocycles. The lowest BCUT2D eigenvalue weighted by atomic mass is 9.99. The number of carbonyl (C=O) groups excluding carboxylic acids is 4. The molecule has 0 rings (SSSR count). The molecular weight excluding hydrogens is 1340 g/mol. The van der Waals surface area contributed by atoms with E-state index in [1.165, 1.54) is 231 Å². The van der Waals surface area contributed by atoms with Gasteiger partial charge in [0.05, 0.1) is 26.4 Å². The van der Waals surface area contributed by atoms with Gasteiger partial charge in [-0.1, -0.05) is 383 Å². The second-order valence-electron chi connectivity index (χ2n) is 31.7. The van der Waals surface area contributed by atoms with Gasteiger partial charge < -0.3 is 33.8 Å². The zero-order valence-electron chi connectivity index (χ0n) is 68.0. The number of unbranched alkanes of at least 4 members (excludes halogenated alkanes) is 45. The lowest BCUT2D eigenvalue weighted by Gasteiger charge is -2.21. The number of ether oxygens (including phenoxy) is 4. The molecule has 103 heavy (non-hydrogen) atoms. The Morgan fingerprint density at radius 3 is 0.689 bits per heavy atom. The molecule has 0 aliphatic heterocycles. The van der Waals surface area contributed by atoms with E-state index in [0.29, 0.717) is 31.6 Å². The van der Waals surface area contributed by atoms with Crippen molar-refractivity contribution in [2.45, 2.75) is 453 Å². The maximum absolute atomic E-state index is 13.1. The van der Waals surface area contributed by atoms with E-state index >= 15 is 0 Å². The zero-order chi connectivity index (χ0) is 76.0. The Morgan fingerprint density at radius 1 is 0.272 bits per heavy atom. The standard InChI is InChI=1S/C84H164O17P2/c1-9-76(7)62-54-46-38-30-23-19-15-13-11-12-14-16-21-25-32-40-48-56-64-81(86)94-70-79(100-84(89)67-59-51-42-34-28-27-29-36-44-52-60-74(3)4)72-98-102(90,91)96-68-78(85)69-97-103(92,93)99-73-80(71-95-82(87)65-57-49-43-35-37-45-53-61-75(5)6)101-83(88)66-58-50-41-33-26-22-18-17-20-24-31-39-47-55-63-77(8)10-2/h74-80,85H,9-73H2,1-8H3,(H,90,91)(H,92,93)/t76?,77?,78?,79-,80-/m1/s1. The largest absolute Gasteiger partial charge is 0.472 e. The average molecular weight is 1510 g/mol. The molecule has 19 heteroatoms. The summed E-state index contributed by atoms with van der Waals surface area (Å²) in [6.07, 6.45) is 61.1. The fourth-order valence-corrected chi connectivity index (χ4v) is 14.5. The molecule has 5 unspecified atom stereocenters. The molecule has 0 saturated carbocycles. The number of phosphoric acid groups is 2. The Morgan fingerprint density at radius 2 is 0.466 bits per heavy atom. The summed E-state index contributed by atoms with van der Waals surface area (Å²) in [5.74, 6) is 1.06. The van der Waals surface area contributed by atoms with Gasteiger partial charge in [0.2, 0.25) is 0 Å². The van der Waals surface area contributed by atoms with Crippen LogP contribution in [0.4, 0.5) is 0 Å². The Hall–Kier alpha value is -1.94. The molecule has 612 valence electrons. The molecule has 0 aromatic heterocycles. The smallest absolute Gasteiger partial charge is 0.462 e. The van der Waals surface area contributed by atoms with Crippen LogP contribution in [-0.2, 0) is 65.4 Å². The first kappa shape index (κ1) is 101. The van der Waals surface area contributed by atoms with Crippen molar-refractivity contribution in [1.82, 2.24) is 0 Å². The van der Waals surface area contributed by atoms with Crippen LogP contribution in [0.3, 0.4) is 0 Å². The van der Waals surface area contributed by atoms with Crippen LogP contribution in [0.1, 0.15) is 434 Å². The van der Waals surface area contributed by atoms with E-state index in [4.69, 9.17) is 37.0 Å². The van der Waals surface area contributed by atoms with Crippen LogP contribution < -0.4 is 0 Å². The van der Waals surface area contributed by atoms with E-state index < -0.39 is 97.5 Å². The highest BCUT2D eigenvalue weighted by Gasteiger charge is 2.30. The van der Waals surface area contributed by atoms with Crippen molar-refractivity contribution in [3.8, 4) is 0 Å². The molecule has 0 fully saturated rings. The molecule has 0 aromatic carbocycles. The molecular formula is C84H164O17P2. The van der Waals surface area contributed by atoms with Crippen molar-refractivity contribution in [2.24, 2.45) is 23.7 Å². The van der Waals surface area contributed by atoms with Gasteiger partial charge in [0.1, 0.15) is 19.3 Å². The lowest BCUT2D eigenvalue weighted by Crippen LogP contribution is -2.30. The van der Waals surface area contributed by atoms with Crippen molar-refractivity contribution in [3.05, 3.63) is 0 Å². The first-order valence-corrected chi connectivity index (χ1v) is 46.3. The predicted octanol–water partition coefficient (Wildman–Crippen LogP) is 25.2. The van der Waals surface area contributed by atoms with Gasteiger partial charge in [0.25, 0.3) is 0 Å². The van der Waals surface area contributed by atoms with Crippen LogP contribution >= 0.6 is 15.6 Å². The van der Waals surface area contributed by atoms with Gasteiger partial charge in [-0.05, 0) is 49.4 Å². The van der Waals surface area contributed by atoms with E-state index in [0.717, 1.165) is 114 Å². The lowest BCUT2D eigenvalue weighted by molar-refractivity contribution is -0.161. The Bertz CT molecular complexity index is 2010. The van der Waals surface area contributed by atoms with Gasteiger partial charge in [-0.15, -0.1) is 0 Å². The van der Waals surface area contributed by atoms with Gasteiger partial charge in [0, 0.05) is 25.7 Å². The summed E-state index contributed by atoms with van der Waals surface area (Å²) in [4.78, 5) is 73.1. The molecule has 3 N–H and O–H groups in total. The van der Waals surface area contributed by atoms with Crippen LogP contribution in [0.25, 0.3) is 0 Å². The summed E-state index contributed by atoms with van der Waals surface area (Å²) in [5, 5.41) is 10.7. The third-order valence-corrected chi connectivity index (χ3v) is 22.2. The highest BCUT2D eigenvalue weighted by Crippen LogP contribution is 2.45. The molecule has 7 atom stereocenters. The van der Waals surface area contributed by atoms with E-state index in [9.17, 15) is 43.2 Å². The molecule has 0 aliphatic carbocycles. The Labute approximate surface area is 632 Å². The second-order valence-corrected chi connectivity index (χ2v) is 34.6. The quantitative estimate of drug-likeness (QED) is 0.0222. The molecule has 0 bridgehead atoms. The number of esters is 4. The summed E-state index contributed by atoms with van der Waals surface area (Å²) in [7, 11) is -9.92. The number of hydrogen-bond donors (Lipinski definition) is 3. The number of hydrogen-bond acceptors (Lipinski definition) is 15. The van der Waals surface area contributed by atoms with Gasteiger partial charge >= 0.3 is 39.5 Å². The van der Waals surface area contributed by atoms with Crippen molar-refractivity contribution >= 4 is 39.5 Å². The van der Waals surface area contributed by atoms with E-state index in [-0.39, 0.29) is 25.7 Å². The summed E-state index contributed by atoms with van der Waals surface area (Å²) < 4.78 is 68.8. The molecule has 0 heterocycles. The first-order chi connectivity index (χ1) is 49.7. The van der Waals surface area contributed by atoms with Crippen LogP contribution in [0.15, 0.2) is 0 Å². The topological polar surface area (TPSA) is 237 Å². The third kappa shape index (κ3) is 75.3. The zero-order valence-corrected chi connectivity index (χ0v) is 69.7. The molecule has 0 radical (unpaired) electrons. The summed E-state index contributed by atoms with van der Waals surface area (Å²) in [6, 6.07) is 0. The number of phosphoric ester groups is 2. The minimum atomic E-state index is -4.96. The van der Waals surface area contributed by atoms with Gasteiger partial charge in [-0.2, -0.15) is 0 Å². The number of carbonyl (C=O) groups is 4. The highest BCUT2D eigenvalue weighted by molar-refractivity contribution is 7.47.